The van der Waals surface area contributed by atoms with Crippen molar-refractivity contribution >= 4 is 39.3 Å². The molecule has 0 bridgehead atoms. The summed E-state index contributed by atoms with van der Waals surface area (Å²) in [7, 11) is 0. The zero-order chi connectivity index (χ0) is 18.5. The molecular formula is C25H18N2S. The largest absolute Gasteiger partial charge is 0.368 e. The molecule has 1 unspecified atom stereocenters. The van der Waals surface area contributed by atoms with E-state index >= 15 is 0 Å². The van der Waals surface area contributed by atoms with Gasteiger partial charge in [0.15, 0.2) is 0 Å². The van der Waals surface area contributed by atoms with Crippen LogP contribution in [-0.2, 0) is 0 Å². The van der Waals surface area contributed by atoms with Gasteiger partial charge in [-0.25, -0.2) is 0 Å². The molecule has 2 heterocycles. The van der Waals surface area contributed by atoms with Crippen LogP contribution >= 0.6 is 11.8 Å². The molecule has 1 aliphatic heterocycles. The van der Waals surface area contributed by atoms with Gasteiger partial charge in [0, 0.05) is 26.7 Å². The standard InChI is InChI=1S/C25H18N2S/c1-3-7-16(8-4-1)18-11-12-21-19(13-18)20-14-24-23(15-22(20)26-21)27-25(28-24)17-9-5-2-6-10-17/h1-15,25-27H. The van der Waals surface area contributed by atoms with Crippen LogP contribution in [0, 0.1) is 0 Å². The number of rotatable bonds is 2. The quantitative estimate of drug-likeness (QED) is 0.340. The van der Waals surface area contributed by atoms with Gasteiger partial charge in [-0.1, -0.05) is 78.5 Å². The Labute approximate surface area is 167 Å². The number of nitrogens with one attached hydrogen (secondary N) is 2. The highest BCUT2D eigenvalue weighted by molar-refractivity contribution is 8.00. The predicted molar refractivity (Wildman–Crippen MR) is 120 cm³/mol. The normalized spacial score (nSPS) is 15.6. The van der Waals surface area contributed by atoms with E-state index in [1.54, 1.807) is 0 Å². The summed E-state index contributed by atoms with van der Waals surface area (Å²) < 4.78 is 0. The zero-order valence-electron chi connectivity index (χ0n) is 15.1. The van der Waals surface area contributed by atoms with Crippen LogP contribution in [0.4, 0.5) is 5.69 Å². The Kier molecular flexibility index (Phi) is 3.50. The SMILES string of the molecule is c1ccc(-c2ccc3[nH]c4cc5c(cc4c3c2)SC(c2ccccc2)N5)cc1. The molecule has 28 heavy (non-hydrogen) atoms. The minimum atomic E-state index is 0.272. The molecule has 2 nitrogen and oxygen atoms in total. The maximum Gasteiger partial charge on any atom is 0.103 e. The highest BCUT2D eigenvalue weighted by atomic mass is 32.2. The van der Waals surface area contributed by atoms with Crippen LogP contribution in [0.5, 0.6) is 0 Å². The summed E-state index contributed by atoms with van der Waals surface area (Å²) in [4.78, 5) is 4.90. The lowest BCUT2D eigenvalue weighted by atomic mass is 10.0. The lowest BCUT2D eigenvalue weighted by Gasteiger charge is -2.09. The van der Waals surface area contributed by atoms with E-state index in [4.69, 9.17) is 0 Å². The number of aromatic nitrogens is 1. The van der Waals surface area contributed by atoms with Gasteiger partial charge < -0.3 is 10.3 Å². The van der Waals surface area contributed by atoms with E-state index in [0.29, 0.717) is 0 Å². The first-order valence-electron chi connectivity index (χ1n) is 9.48. The molecule has 0 fully saturated rings. The van der Waals surface area contributed by atoms with Crippen molar-refractivity contribution in [3.05, 3.63) is 96.6 Å². The van der Waals surface area contributed by atoms with Crippen LogP contribution in [0.2, 0.25) is 0 Å². The van der Waals surface area contributed by atoms with Crippen LogP contribution in [0.15, 0.2) is 95.9 Å². The Bertz CT molecular complexity index is 1310. The number of hydrogen-bond donors (Lipinski definition) is 2. The molecule has 1 aromatic heterocycles. The molecule has 0 amide bonds. The second-order valence-corrected chi connectivity index (χ2v) is 8.35. The molecule has 0 aliphatic carbocycles. The smallest absolute Gasteiger partial charge is 0.103 e. The highest BCUT2D eigenvalue weighted by Crippen LogP contribution is 2.48. The van der Waals surface area contributed by atoms with Gasteiger partial charge in [-0.3, -0.25) is 0 Å². The molecule has 1 atom stereocenters. The fourth-order valence-corrected chi connectivity index (χ4v) is 5.19. The first kappa shape index (κ1) is 15.8. The topological polar surface area (TPSA) is 27.8 Å². The second kappa shape index (κ2) is 6.18. The molecule has 0 saturated carbocycles. The predicted octanol–water partition coefficient (Wildman–Crippen LogP) is 7.20. The van der Waals surface area contributed by atoms with Crippen molar-refractivity contribution in [1.29, 1.82) is 0 Å². The van der Waals surface area contributed by atoms with E-state index in [1.165, 1.54) is 49.1 Å². The Morgan fingerprint density at radius 3 is 2.21 bits per heavy atom. The Hall–Kier alpha value is -3.17. The van der Waals surface area contributed by atoms with Gasteiger partial charge in [-0.05, 0) is 41.0 Å². The van der Waals surface area contributed by atoms with Crippen molar-refractivity contribution < 1.29 is 0 Å². The summed E-state index contributed by atoms with van der Waals surface area (Å²) in [6.45, 7) is 0. The van der Waals surface area contributed by atoms with Crippen molar-refractivity contribution in [2.45, 2.75) is 10.3 Å². The molecule has 0 radical (unpaired) electrons. The molecule has 134 valence electrons. The van der Waals surface area contributed by atoms with Gasteiger partial charge in [0.25, 0.3) is 0 Å². The van der Waals surface area contributed by atoms with Crippen molar-refractivity contribution in [2.24, 2.45) is 0 Å². The second-order valence-electron chi connectivity index (χ2n) is 7.20. The minimum absolute atomic E-state index is 0.272. The maximum atomic E-state index is 3.67. The first-order valence-corrected chi connectivity index (χ1v) is 10.4. The van der Waals surface area contributed by atoms with E-state index in [9.17, 15) is 0 Å². The lowest BCUT2D eigenvalue weighted by molar-refractivity contribution is 1.14. The summed E-state index contributed by atoms with van der Waals surface area (Å²) in [6.07, 6.45) is 0. The van der Waals surface area contributed by atoms with Crippen LogP contribution in [-0.4, -0.2) is 4.98 Å². The summed E-state index contributed by atoms with van der Waals surface area (Å²) in [6, 6.07) is 32.5. The fraction of sp³-hybridized carbons (Fsp3) is 0.0400. The molecular weight excluding hydrogens is 360 g/mol. The third-order valence-corrected chi connectivity index (χ3v) is 6.66. The van der Waals surface area contributed by atoms with Crippen LogP contribution in [0.25, 0.3) is 32.9 Å². The molecule has 5 aromatic rings. The number of H-pyrrole nitrogens is 1. The Morgan fingerprint density at radius 1 is 0.643 bits per heavy atom. The Balaban J connectivity index is 1.46. The van der Waals surface area contributed by atoms with Gasteiger partial charge in [0.2, 0.25) is 0 Å². The number of benzene rings is 4. The van der Waals surface area contributed by atoms with E-state index in [2.05, 4.69) is 101 Å². The van der Waals surface area contributed by atoms with Crippen molar-refractivity contribution in [2.75, 3.05) is 5.32 Å². The molecule has 1 aliphatic rings. The van der Waals surface area contributed by atoms with Gasteiger partial charge >= 0.3 is 0 Å². The molecule has 2 N–H and O–H groups in total. The molecule has 6 rings (SSSR count). The van der Waals surface area contributed by atoms with Gasteiger partial charge in [-0.2, -0.15) is 0 Å². The summed E-state index contributed by atoms with van der Waals surface area (Å²) in [5.74, 6) is 0. The summed E-state index contributed by atoms with van der Waals surface area (Å²) >= 11 is 1.89. The minimum Gasteiger partial charge on any atom is -0.368 e. The monoisotopic (exact) mass is 378 g/mol. The number of anilines is 1. The number of thioether (sulfide) groups is 1. The van der Waals surface area contributed by atoms with Gasteiger partial charge in [-0.15, -0.1) is 0 Å². The van der Waals surface area contributed by atoms with E-state index < -0.39 is 0 Å². The maximum absolute atomic E-state index is 3.67. The Morgan fingerprint density at radius 2 is 1.39 bits per heavy atom. The molecule has 0 saturated heterocycles. The van der Waals surface area contributed by atoms with Crippen LogP contribution < -0.4 is 5.32 Å². The molecule has 0 spiro atoms. The average Bonchev–Trinajstić information content (AvgIpc) is 3.33. The van der Waals surface area contributed by atoms with Crippen LogP contribution in [0.3, 0.4) is 0 Å². The summed E-state index contributed by atoms with van der Waals surface area (Å²) in [5, 5.41) is 6.51. The number of fused-ring (bicyclic) bond motifs is 4. The number of hydrogen-bond acceptors (Lipinski definition) is 2. The van der Waals surface area contributed by atoms with Gasteiger partial charge in [0.1, 0.15) is 5.37 Å². The van der Waals surface area contributed by atoms with E-state index in [0.717, 1.165) is 0 Å². The zero-order valence-corrected chi connectivity index (χ0v) is 16.0. The number of aromatic amines is 1. The molecule has 3 heteroatoms. The van der Waals surface area contributed by atoms with E-state index in [-0.39, 0.29) is 5.37 Å². The molecule has 4 aromatic carbocycles. The highest BCUT2D eigenvalue weighted by Gasteiger charge is 2.24. The van der Waals surface area contributed by atoms with Crippen LogP contribution in [0.1, 0.15) is 10.9 Å². The fourth-order valence-electron chi connectivity index (χ4n) is 4.02. The van der Waals surface area contributed by atoms with Crippen molar-refractivity contribution in [1.82, 2.24) is 4.98 Å². The van der Waals surface area contributed by atoms with E-state index in [1.807, 2.05) is 11.8 Å². The lowest BCUT2D eigenvalue weighted by Crippen LogP contribution is -2.00. The summed E-state index contributed by atoms with van der Waals surface area (Å²) in [5.41, 5.74) is 7.39. The third kappa shape index (κ3) is 2.51. The average molecular weight is 378 g/mol. The third-order valence-electron chi connectivity index (χ3n) is 5.44. The van der Waals surface area contributed by atoms with Crippen molar-refractivity contribution in [3.8, 4) is 11.1 Å². The first-order chi connectivity index (χ1) is 13.8. The van der Waals surface area contributed by atoms with Gasteiger partial charge in [0.05, 0.1) is 5.69 Å². The van der Waals surface area contributed by atoms with Crippen molar-refractivity contribution in [3.63, 3.8) is 0 Å².